The van der Waals surface area contributed by atoms with Gasteiger partial charge in [-0.3, -0.25) is 0 Å². The molecule has 3 aromatic carbocycles. The standard InChI is InChI=1S/C27H25N/c1-2-4-18(5-3-1)19-6-10-24(11-7-19)28-25-12-8-20(9-13-25)26-16-22-14-21-15-23(17-26)27(21,22)26/h1-13,21-23,28H,14-17H2. The molecule has 4 fully saturated rings. The second kappa shape index (κ2) is 5.08. The summed E-state index contributed by atoms with van der Waals surface area (Å²) in [5.74, 6) is 3.22. The molecule has 0 radical (unpaired) electrons. The molecule has 138 valence electrons. The van der Waals surface area contributed by atoms with E-state index in [1.807, 2.05) is 0 Å². The second-order valence-electron chi connectivity index (χ2n) is 9.63. The van der Waals surface area contributed by atoms with Gasteiger partial charge in [0.15, 0.2) is 0 Å². The van der Waals surface area contributed by atoms with E-state index in [0.29, 0.717) is 5.41 Å². The van der Waals surface area contributed by atoms with E-state index in [1.54, 1.807) is 5.56 Å². The summed E-state index contributed by atoms with van der Waals surface area (Å²) in [6.07, 6.45) is 6.01. The molecule has 1 N–H and O–H groups in total. The van der Waals surface area contributed by atoms with Crippen molar-refractivity contribution in [3.63, 3.8) is 0 Å². The van der Waals surface area contributed by atoms with Crippen LogP contribution in [0.1, 0.15) is 31.2 Å². The van der Waals surface area contributed by atoms with Crippen molar-refractivity contribution >= 4 is 11.4 Å². The maximum Gasteiger partial charge on any atom is 0.0384 e. The molecule has 4 saturated carbocycles. The van der Waals surface area contributed by atoms with Gasteiger partial charge in [-0.1, -0.05) is 54.6 Å². The van der Waals surface area contributed by atoms with Crippen LogP contribution in [-0.4, -0.2) is 0 Å². The first-order chi connectivity index (χ1) is 13.8. The highest BCUT2D eigenvalue weighted by Crippen LogP contribution is 2.92. The van der Waals surface area contributed by atoms with Crippen LogP contribution in [0.4, 0.5) is 11.4 Å². The summed E-state index contributed by atoms with van der Waals surface area (Å²) in [6.45, 7) is 0. The summed E-state index contributed by atoms with van der Waals surface area (Å²) >= 11 is 0. The van der Waals surface area contributed by atoms with Crippen molar-refractivity contribution in [1.29, 1.82) is 0 Å². The Balaban J connectivity index is 1.10. The van der Waals surface area contributed by atoms with Gasteiger partial charge >= 0.3 is 0 Å². The minimum absolute atomic E-state index is 0.569. The van der Waals surface area contributed by atoms with Crippen molar-refractivity contribution in [3.05, 3.63) is 84.4 Å². The van der Waals surface area contributed by atoms with Crippen molar-refractivity contribution in [2.75, 3.05) is 5.32 Å². The molecule has 4 aliphatic carbocycles. The van der Waals surface area contributed by atoms with Gasteiger partial charge in [0.25, 0.3) is 0 Å². The van der Waals surface area contributed by atoms with Crippen LogP contribution in [0, 0.1) is 23.2 Å². The molecule has 0 amide bonds. The molecule has 2 unspecified atom stereocenters. The fraction of sp³-hybridized carbons (Fsp3) is 0.333. The molecular formula is C27H25N. The quantitative estimate of drug-likeness (QED) is 0.538. The van der Waals surface area contributed by atoms with Gasteiger partial charge in [-0.15, -0.1) is 0 Å². The molecular weight excluding hydrogens is 338 g/mol. The topological polar surface area (TPSA) is 12.0 Å². The van der Waals surface area contributed by atoms with Gasteiger partial charge in [0.2, 0.25) is 0 Å². The first kappa shape index (κ1) is 15.4. The molecule has 0 bridgehead atoms. The smallest absolute Gasteiger partial charge is 0.0384 e. The molecule has 1 spiro atoms. The molecule has 0 aliphatic heterocycles. The monoisotopic (exact) mass is 363 g/mol. The Morgan fingerprint density at radius 1 is 0.607 bits per heavy atom. The second-order valence-corrected chi connectivity index (χ2v) is 9.63. The summed E-state index contributed by atoms with van der Waals surface area (Å²) in [5.41, 5.74) is 7.82. The van der Waals surface area contributed by atoms with E-state index >= 15 is 0 Å². The minimum Gasteiger partial charge on any atom is -0.356 e. The maximum absolute atomic E-state index is 3.58. The molecule has 0 heterocycles. The van der Waals surface area contributed by atoms with Crippen LogP contribution >= 0.6 is 0 Å². The first-order valence-corrected chi connectivity index (χ1v) is 10.8. The largest absolute Gasteiger partial charge is 0.356 e. The lowest BCUT2D eigenvalue weighted by Gasteiger charge is -2.91. The van der Waals surface area contributed by atoms with E-state index in [9.17, 15) is 0 Å². The average molecular weight is 364 g/mol. The zero-order valence-corrected chi connectivity index (χ0v) is 16.1. The average Bonchev–Trinajstić information content (AvgIpc) is 2.68. The molecule has 3 aromatic rings. The summed E-state index contributed by atoms with van der Waals surface area (Å²) in [6, 6.07) is 28.7. The zero-order valence-electron chi connectivity index (χ0n) is 16.1. The van der Waals surface area contributed by atoms with E-state index in [2.05, 4.69) is 84.2 Å². The third-order valence-electron chi connectivity index (χ3n) is 8.90. The summed E-state index contributed by atoms with van der Waals surface area (Å²) in [7, 11) is 0. The lowest BCUT2D eigenvalue weighted by molar-refractivity contribution is -0.395. The Morgan fingerprint density at radius 3 is 1.75 bits per heavy atom. The first-order valence-electron chi connectivity index (χ1n) is 10.8. The summed E-state index contributed by atoms with van der Waals surface area (Å²) in [4.78, 5) is 0. The normalized spacial score (nSPS) is 35.9. The van der Waals surface area contributed by atoms with E-state index in [0.717, 1.165) is 28.9 Å². The molecule has 28 heavy (non-hydrogen) atoms. The third kappa shape index (κ3) is 1.66. The van der Waals surface area contributed by atoms with E-state index in [4.69, 9.17) is 0 Å². The van der Waals surface area contributed by atoms with Crippen LogP contribution in [0.2, 0.25) is 0 Å². The fourth-order valence-electron chi connectivity index (χ4n) is 7.84. The van der Waals surface area contributed by atoms with Gasteiger partial charge in [0.1, 0.15) is 0 Å². The van der Waals surface area contributed by atoms with Gasteiger partial charge in [-0.25, -0.2) is 0 Å². The summed E-state index contributed by atoms with van der Waals surface area (Å²) < 4.78 is 0. The van der Waals surface area contributed by atoms with Crippen molar-refractivity contribution in [1.82, 2.24) is 0 Å². The summed E-state index contributed by atoms with van der Waals surface area (Å²) in [5, 5.41) is 3.58. The van der Waals surface area contributed by atoms with Crippen LogP contribution in [-0.2, 0) is 5.41 Å². The van der Waals surface area contributed by atoms with Gasteiger partial charge in [0.05, 0.1) is 0 Å². The molecule has 2 atom stereocenters. The number of hydrogen-bond acceptors (Lipinski definition) is 1. The number of nitrogens with one attached hydrogen (secondary N) is 1. The molecule has 0 aromatic heterocycles. The minimum atomic E-state index is 0.569. The Kier molecular flexibility index (Phi) is 2.79. The number of rotatable bonds is 4. The third-order valence-corrected chi connectivity index (χ3v) is 8.90. The maximum atomic E-state index is 3.58. The number of anilines is 2. The highest BCUT2D eigenvalue weighted by molar-refractivity contribution is 5.68. The van der Waals surface area contributed by atoms with Crippen molar-refractivity contribution in [2.24, 2.45) is 23.2 Å². The molecule has 4 aliphatic rings. The van der Waals surface area contributed by atoms with Crippen LogP contribution in [0.15, 0.2) is 78.9 Å². The predicted octanol–water partition coefficient (Wildman–Crippen LogP) is 6.78. The van der Waals surface area contributed by atoms with Gasteiger partial charge in [0, 0.05) is 16.8 Å². The van der Waals surface area contributed by atoms with Gasteiger partial charge < -0.3 is 5.32 Å². The molecule has 7 rings (SSSR count). The molecule has 0 saturated heterocycles. The highest BCUT2D eigenvalue weighted by atomic mass is 14.9. The SMILES string of the molecule is c1ccc(-c2ccc(Nc3ccc(C45CC6CC7CC(C4)C765)cc3)cc2)cc1. The Labute approximate surface area is 166 Å². The van der Waals surface area contributed by atoms with E-state index in [1.165, 1.54) is 42.5 Å². The lowest BCUT2D eigenvalue weighted by Crippen LogP contribution is -2.87. The molecule has 1 nitrogen and oxygen atoms in total. The number of hydrogen-bond donors (Lipinski definition) is 1. The van der Waals surface area contributed by atoms with Crippen LogP contribution in [0.3, 0.4) is 0 Å². The van der Waals surface area contributed by atoms with E-state index < -0.39 is 0 Å². The Hall–Kier alpha value is -2.54. The predicted molar refractivity (Wildman–Crippen MR) is 115 cm³/mol. The van der Waals surface area contributed by atoms with Crippen molar-refractivity contribution < 1.29 is 0 Å². The van der Waals surface area contributed by atoms with E-state index in [-0.39, 0.29) is 0 Å². The molecule has 1 heteroatoms. The van der Waals surface area contributed by atoms with Crippen molar-refractivity contribution in [2.45, 2.75) is 31.1 Å². The number of benzene rings is 3. The Morgan fingerprint density at radius 2 is 1.18 bits per heavy atom. The Bertz CT molecular complexity index is 1020. The van der Waals surface area contributed by atoms with Gasteiger partial charge in [-0.05, 0) is 89.8 Å². The highest BCUT2D eigenvalue weighted by Gasteiger charge is 2.87. The zero-order chi connectivity index (χ0) is 18.3. The van der Waals surface area contributed by atoms with Crippen molar-refractivity contribution in [3.8, 4) is 11.1 Å². The fourth-order valence-corrected chi connectivity index (χ4v) is 7.84. The van der Waals surface area contributed by atoms with Crippen LogP contribution in [0.25, 0.3) is 11.1 Å². The van der Waals surface area contributed by atoms with Gasteiger partial charge in [-0.2, -0.15) is 0 Å². The lowest BCUT2D eigenvalue weighted by atomic mass is 9.12. The van der Waals surface area contributed by atoms with Crippen LogP contribution in [0.5, 0.6) is 0 Å². The van der Waals surface area contributed by atoms with Crippen LogP contribution < -0.4 is 5.32 Å².